The van der Waals surface area contributed by atoms with E-state index in [-0.39, 0.29) is 5.91 Å². The first-order chi connectivity index (χ1) is 10.6. The molecule has 116 valence electrons. The Kier molecular flexibility index (Phi) is 4.07. The summed E-state index contributed by atoms with van der Waals surface area (Å²) in [5.41, 5.74) is 1.89. The van der Waals surface area contributed by atoms with Crippen molar-refractivity contribution in [1.82, 2.24) is 5.16 Å². The van der Waals surface area contributed by atoms with E-state index in [1.807, 2.05) is 0 Å². The Hall–Kier alpha value is -2.01. The molecule has 1 N–H and O–H groups in total. The Morgan fingerprint density at radius 3 is 3.05 bits per heavy atom. The molecular formula is C16H17ClN2O3. The lowest BCUT2D eigenvalue weighted by atomic mass is 9.88. The molecular weight excluding hydrogens is 304 g/mol. The molecule has 1 amide bonds. The van der Waals surface area contributed by atoms with Crippen LogP contribution >= 0.6 is 11.6 Å². The molecule has 1 atom stereocenters. The lowest BCUT2D eigenvalue weighted by Gasteiger charge is -2.16. The van der Waals surface area contributed by atoms with Crippen LogP contribution < -0.4 is 10.1 Å². The number of aromatic nitrogens is 1. The maximum atomic E-state index is 12.4. The Bertz CT molecular complexity index is 711. The molecule has 6 heteroatoms. The molecule has 2 aromatic rings. The highest BCUT2D eigenvalue weighted by Crippen LogP contribution is 2.30. The highest BCUT2D eigenvalue weighted by molar-refractivity contribution is 6.32. The molecule has 1 aromatic carbocycles. The van der Waals surface area contributed by atoms with Gasteiger partial charge in [0.25, 0.3) is 5.91 Å². The Morgan fingerprint density at radius 1 is 1.50 bits per heavy atom. The maximum Gasteiger partial charge on any atom is 0.278 e. The van der Waals surface area contributed by atoms with Gasteiger partial charge in [-0.2, -0.15) is 0 Å². The van der Waals surface area contributed by atoms with Crippen LogP contribution in [0.15, 0.2) is 22.7 Å². The molecule has 0 bridgehead atoms. The zero-order chi connectivity index (χ0) is 15.7. The predicted octanol–water partition coefficient (Wildman–Crippen LogP) is 3.71. The monoisotopic (exact) mass is 320 g/mol. The summed E-state index contributed by atoms with van der Waals surface area (Å²) in [4.78, 5) is 12.4. The number of carbonyl (C=O) groups is 1. The Balaban J connectivity index is 1.81. The molecule has 0 saturated heterocycles. The van der Waals surface area contributed by atoms with Crippen LogP contribution in [0.25, 0.3) is 0 Å². The van der Waals surface area contributed by atoms with E-state index in [9.17, 15) is 4.79 Å². The van der Waals surface area contributed by atoms with Crippen molar-refractivity contribution in [3.05, 3.63) is 40.2 Å². The van der Waals surface area contributed by atoms with Crippen LogP contribution in [0.4, 0.5) is 5.69 Å². The number of hydrogen-bond donors (Lipinski definition) is 1. The van der Waals surface area contributed by atoms with Crippen molar-refractivity contribution in [3.63, 3.8) is 0 Å². The molecule has 0 spiro atoms. The number of hydrogen-bond acceptors (Lipinski definition) is 4. The number of halogens is 1. The number of rotatable bonds is 3. The molecule has 5 nitrogen and oxygen atoms in total. The van der Waals surface area contributed by atoms with Gasteiger partial charge in [0.1, 0.15) is 11.5 Å². The fourth-order valence-corrected chi connectivity index (χ4v) is 2.95. The highest BCUT2D eigenvalue weighted by Gasteiger charge is 2.27. The second-order valence-electron chi connectivity index (χ2n) is 5.58. The topological polar surface area (TPSA) is 64.4 Å². The maximum absolute atomic E-state index is 12.4. The minimum Gasteiger partial charge on any atom is -0.495 e. The second-order valence-corrected chi connectivity index (χ2v) is 5.99. The lowest BCUT2D eigenvalue weighted by molar-refractivity contribution is 0.101. The summed E-state index contributed by atoms with van der Waals surface area (Å²) in [6.07, 6.45) is 2.73. The van der Waals surface area contributed by atoms with Crippen LogP contribution in [0.5, 0.6) is 5.75 Å². The third kappa shape index (κ3) is 2.81. The first-order valence-corrected chi connectivity index (χ1v) is 7.58. The number of anilines is 1. The summed E-state index contributed by atoms with van der Waals surface area (Å²) < 4.78 is 10.4. The van der Waals surface area contributed by atoms with Gasteiger partial charge in [0.2, 0.25) is 0 Å². The van der Waals surface area contributed by atoms with Crippen LogP contribution in [-0.2, 0) is 12.8 Å². The number of benzene rings is 1. The van der Waals surface area contributed by atoms with Crippen molar-refractivity contribution in [3.8, 4) is 5.75 Å². The predicted molar refractivity (Wildman–Crippen MR) is 83.6 cm³/mol. The molecule has 3 rings (SSSR count). The Morgan fingerprint density at radius 2 is 2.32 bits per heavy atom. The molecule has 1 heterocycles. The third-order valence-electron chi connectivity index (χ3n) is 3.91. The summed E-state index contributed by atoms with van der Waals surface area (Å²) in [7, 11) is 1.54. The van der Waals surface area contributed by atoms with Gasteiger partial charge in [-0.15, -0.1) is 0 Å². The molecule has 0 saturated carbocycles. The largest absolute Gasteiger partial charge is 0.495 e. The molecule has 0 aliphatic heterocycles. The van der Waals surface area contributed by atoms with E-state index >= 15 is 0 Å². The van der Waals surface area contributed by atoms with Crippen molar-refractivity contribution in [2.24, 2.45) is 5.92 Å². The number of nitrogens with zero attached hydrogens (tertiary/aromatic N) is 1. The Labute approximate surface area is 133 Å². The molecule has 0 radical (unpaired) electrons. The summed E-state index contributed by atoms with van der Waals surface area (Å²) in [6.45, 7) is 2.17. The fraction of sp³-hybridized carbons (Fsp3) is 0.375. The van der Waals surface area contributed by atoms with Gasteiger partial charge in [-0.25, -0.2) is 0 Å². The van der Waals surface area contributed by atoms with E-state index in [1.54, 1.807) is 25.3 Å². The smallest absolute Gasteiger partial charge is 0.278 e. The fourth-order valence-electron chi connectivity index (χ4n) is 2.69. The number of nitrogens with one attached hydrogen (secondary N) is 1. The van der Waals surface area contributed by atoms with Gasteiger partial charge < -0.3 is 14.6 Å². The average Bonchev–Trinajstić information content (AvgIpc) is 2.90. The zero-order valence-electron chi connectivity index (χ0n) is 12.5. The van der Waals surface area contributed by atoms with E-state index in [0.29, 0.717) is 28.1 Å². The minimum absolute atomic E-state index is 0.277. The van der Waals surface area contributed by atoms with Gasteiger partial charge in [0, 0.05) is 17.7 Å². The van der Waals surface area contributed by atoms with Gasteiger partial charge in [-0.1, -0.05) is 23.7 Å². The van der Waals surface area contributed by atoms with E-state index < -0.39 is 0 Å². The number of fused-ring (bicyclic) bond motifs is 1. The van der Waals surface area contributed by atoms with Crippen molar-refractivity contribution in [1.29, 1.82) is 0 Å². The number of methoxy groups -OCH3 is 1. The second kappa shape index (κ2) is 6.01. The standard InChI is InChI=1S/C16H17ClN2O3/c1-9-3-5-13-11(7-9)15(19-22-13)16(20)18-10-4-6-14(21-2)12(17)8-10/h4,6,8-9H,3,5,7H2,1-2H3,(H,18,20). The first-order valence-electron chi connectivity index (χ1n) is 7.20. The van der Waals surface area contributed by atoms with E-state index in [0.717, 1.165) is 30.6 Å². The van der Waals surface area contributed by atoms with E-state index in [1.165, 1.54) is 0 Å². The number of carbonyl (C=O) groups excluding carboxylic acids is 1. The van der Waals surface area contributed by atoms with Gasteiger partial charge in [0.15, 0.2) is 5.69 Å². The van der Waals surface area contributed by atoms with Gasteiger partial charge in [-0.3, -0.25) is 4.79 Å². The number of amides is 1. The van der Waals surface area contributed by atoms with Gasteiger partial charge in [0.05, 0.1) is 12.1 Å². The molecule has 1 aliphatic carbocycles. The van der Waals surface area contributed by atoms with Crippen molar-refractivity contribution < 1.29 is 14.1 Å². The highest BCUT2D eigenvalue weighted by atomic mass is 35.5. The van der Waals surface area contributed by atoms with Crippen molar-refractivity contribution >= 4 is 23.2 Å². The summed E-state index contributed by atoms with van der Waals surface area (Å²) in [5, 5.41) is 7.18. The van der Waals surface area contributed by atoms with Crippen LogP contribution in [0.3, 0.4) is 0 Å². The average molecular weight is 321 g/mol. The van der Waals surface area contributed by atoms with E-state index in [2.05, 4.69) is 17.4 Å². The van der Waals surface area contributed by atoms with Crippen LogP contribution in [0, 0.1) is 5.92 Å². The molecule has 0 fully saturated rings. The van der Waals surface area contributed by atoms with Crippen LogP contribution in [0.2, 0.25) is 5.02 Å². The normalized spacial score (nSPS) is 17.0. The lowest BCUT2D eigenvalue weighted by Crippen LogP contribution is -2.17. The number of ether oxygens (including phenoxy) is 1. The molecule has 1 aliphatic rings. The summed E-state index contributed by atoms with van der Waals surface area (Å²) in [6, 6.07) is 5.09. The molecule has 1 unspecified atom stereocenters. The van der Waals surface area contributed by atoms with Gasteiger partial charge >= 0.3 is 0 Å². The summed E-state index contributed by atoms with van der Waals surface area (Å²) >= 11 is 6.06. The summed E-state index contributed by atoms with van der Waals surface area (Å²) in [5.74, 6) is 1.65. The first kappa shape index (κ1) is 14.9. The number of aryl methyl sites for hydroxylation is 1. The molecule has 1 aromatic heterocycles. The quantitative estimate of drug-likeness (QED) is 0.936. The van der Waals surface area contributed by atoms with Crippen LogP contribution in [0.1, 0.15) is 35.2 Å². The zero-order valence-corrected chi connectivity index (χ0v) is 13.2. The van der Waals surface area contributed by atoms with Gasteiger partial charge in [-0.05, 0) is 37.0 Å². The SMILES string of the molecule is COc1ccc(NC(=O)c2noc3c2CC(C)CC3)cc1Cl. The third-order valence-corrected chi connectivity index (χ3v) is 4.21. The van der Waals surface area contributed by atoms with Crippen molar-refractivity contribution in [2.75, 3.05) is 12.4 Å². The van der Waals surface area contributed by atoms with Crippen LogP contribution in [-0.4, -0.2) is 18.2 Å². The van der Waals surface area contributed by atoms with E-state index in [4.69, 9.17) is 20.9 Å². The molecule has 22 heavy (non-hydrogen) atoms. The minimum atomic E-state index is -0.277. The van der Waals surface area contributed by atoms with Crippen molar-refractivity contribution in [2.45, 2.75) is 26.2 Å².